The molecule has 0 aromatic carbocycles. The van der Waals surface area contributed by atoms with Gasteiger partial charge in [-0.2, -0.15) is 0 Å². The molecule has 1 unspecified atom stereocenters. The number of allylic oxidation sites excluding steroid dienone is 3. The second-order valence-electron chi connectivity index (χ2n) is 7.74. The molecule has 6 heteroatoms. The molecular weight excluding hydrogens is 386 g/mol. The highest BCUT2D eigenvalue weighted by atomic mass is 16.5. The lowest BCUT2D eigenvalue weighted by Gasteiger charge is -2.20. The first-order chi connectivity index (χ1) is 15.1. The molecule has 1 aliphatic heterocycles. The summed E-state index contributed by atoms with van der Waals surface area (Å²) in [4.78, 5) is 14.2. The number of hydrogen-bond acceptors (Lipinski definition) is 5. The normalized spacial score (nSPS) is 14.6. The summed E-state index contributed by atoms with van der Waals surface area (Å²) < 4.78 is 7.62. The smallest absolute Gasteiger partial charge is 0.141 e. The van der Waals surface area contributed by atoms with Crippen LogP contribution in [-0.4, -0.2) is 25.4 Å². The van der Waals surface area contributed by atoms with Crippen molar-refractivity contribution in [2.45, 2.75) is 33.2 Å². The van der Waals surface area contributed by atoms with Crippen molar-refractivity contribution in [3.63, 3.8) is 0 Å². The fourth-order valence-corrected chi connectivity index (χ4v) is 4.18. The van der Waals surface area contributed by atoms with Gasteiger partial charge in [-0.3, -0.25) is 15.0 Å². The number of pyridine rings is 2. The Balaban J connectivity index is 1.75. The Morgan fingerprint density at radius 2 is 2.00 bits per heavy atom. The van der Waals surface area contributed by atoms with Crippen molar-refractivity contribution in [3.8, 4) is 11.1 Å². The van der Waals surface area contributed by atoms with Crippen LogP contribution in [-0.2, 0) is 0 Å². The van der Waals surface area contributed by atoms with Gasteiger partial charge in [-0.25, -0.2) is 0 Å². The number of aliphatic imine (C=N–C) groups is 1. The highest BCUT2D eigenvalue weighted by molar-refractivity contribution is 6.01. The molecule has 0 N–H and O–H groups in total. The lowest BCUT2D eigenvalue weighted by atomic mass is 10.0. The Morgan fingerprint density at radius 3 is 2.77 bits per heavy atom. The molecule has 154 valence electrons. The zero-order chi connectivity index (χ0) is 21.4. The van der Waals surface area contributed by atoms with Crippen molar-refractivity contribution >= 4 is 16.7 Å². The molecule has 0 spiro atoms. The van der Waals surface area contributed by atoms with Crippen molar-refractivity contribution in [1.82, 2.24) is 19.7 Å². The quantitative estimate of drug-likeness (QED) is 0.445. The predicted octanol–water partition coefficient (Wildman–Crippen LogP) is 5.52. The fraction of sp³-hybridized carbons (Fsp3) is 0.200. The molecular formula is C25H23N5O. The highest BCUT2D eigenvalue weighted by Crippen LogP contribution is 2.33. The molecule has 0 saturated heterocycles. The Bertz CT molecular complexity index is 1320. The molecule has 4 aromatic heterocycles. The van der Waals surface area contributed by atoms with Crippen molar-refractivity contribution < 1.29 is 4.52 Å². The largest absolute Gasteiger partial charge is 0.361 e. The van der Waals surface area contributed by atoms with Crippen LogP contribution in [0.15, 0.2) is 76.8 Å². The van der Waals surface area contributed by atoms with E-state index < -0.39 is 0 Å². The van der Waals surface area contributed by atoms with Gasteiger partial charge >= 0.3 is 0 Å². The van der Waals surface area contributed by atoms with Crippen LogP contribution in [0.2, 0.25) is 0 Å². The number of aryl methyl sites for hydroxylation is 3. The molecule has 0 amide bonds. The monoisotopic (exact) mass is 409 g/mol. The van der Waals surface area contributed by atoms with Gasteiger partial charge in [-0.05, 0) is 57.0 Å². The first kappa shape index (κ1) is 19.2. The van der Waals surface area contributed by atoms with Crippen LogP contribution in [0, 0.1) is 20.8 Å². The molecule has 0 fully saturated rings. The predicted molar refractivity (Wildman–Crippen MR) is 122 cm³/mol. The summed E-state index contributed by atoms with van der Waals surface area (Å²) in [7, 11) is 0. The maximum atomic E-state index is 5.39. The minimum atomic E-state index is -0.168. The van der Waals surface area contributed by atoms with E-state index in [4.69, 9.17) is 14.5 Å². The summed E-state index contributed by atoms with van der Waals surface area (Å²) in [6.07, 6.45) is 14.9. The van der Waals surface area contributed by atoms with E-state index in [9.17, 15) is 0 Å². The van der Waals surface area contributed by atoms with Crippen molar-refractivity contribution in [3.05, 3.63) is 90.0 Å². The van der Waals surface area contributed by atoms with E-state index in [1.807, 2.05) is 50.6 Å². The molecule has 1 atom stereocenters. The lowest BCUT2D eigenvalue weighted by molar-refractivity contribution is 0.393. The van der Waals surface area contributed by atoms with E-state index >= 15 is 0 Å². The average molecular weight is 409 g/mol. The molecule has 0 aliphatic carbocycles. The second kappa shape index (κ2) is 7.80. The zero-order valence-corrected chi connectivity index (χ0v) is 17.8. The Labute approximate surface area is 180 Å². The van der Waals surface area contributed by atoms with Gasteiger partial charge < -0.3 is 9.09 Å². The number of fused-ring (bicyclic) bond motifs is 1. The first-order valence-electron chi connectivity index (χ1n) is 10.3. The number of aromatic nitrogens is 4. The molecule has 6 nitrogen and oxygen atoms in total. The fourth-order valence-electron chi connectivity index (χ4n) is 4.18. The Morgan fingerprint density at radius 1 is 1.10 bits per heavy atom. The lowest BCUT2D eigenvalue weighted by Crippen LogP contribution is -2.20. The van der Waals surface area contributed by atoms with E-state index in [0.717, 1.165) is 57.0 Å². The van der Waals surface area contributed by atoms with E-state index in [-0.39, 0.29) is 6.04 Å². The average Bonchev–Trinajstić information content (AvgIpc) is 3.14. The molecule has 5 rings (SSSR count). The number of hydrogen-bond donors (Lipinski definition) is 0. The number of nitrogens with zero attached hydrogens (tertiary/aromatic N) is 5. The molecule has 4 aromatic rings. The zero-order valence-electron chi connectivity index (χ0n) is 17.8. The van der Waals surface area contributed by atoms with Gasteiger partial charge in [-0.15, -0.1) is 0 Å². The maximum Gasteiger partial charge on any atom is 0.141 e. The van der Waals surface area contributed by atoms with Crippen LogP contribution in [0.25, 0.3) is 22.2 Å². The standard InChI is InChI=1S/C25H23N5O/c1-16-15-30(22-13-19(14-28-24(16)22)23-17(2)29-31-18(23)3)25(21-10-6-8-12-27-21)20-9-5-4-7-11-26-20/h5-15,25H,4H2,1-3H3. The third kappa shape index (κ3) is 3.40. The minimum absolute atomic E-state index is 0.168. The van der Waals surface area contributed by atoms with Gasteiger partial charge in [0.25, 0.3) is 0 Å². The van der Waals surface area contributed by atoms with Crippen molar-refractivity contribution in [1.29, 1.82) is 0 Å². The van der Waals surface area contributed by atoms with Crippen LogP contribution >= 0.6 is 0 Å². The van der Waals surface area contributed by atoms with Gasteiger partial charge in [-0.1, -0.05) is 23.4 Å². The molecule has 31 heavy (non-hydrogen) atoms. The van der Waals surface area contributed by atoms with Crippen LogP contribution in [0.3, 0.4) is 0 Å². The van der Waals surface area contributed by atoms with E-state index in [1.54, 1.807) is 0 Å². The highest BCUT2D eigenvalue weighted by Gasteiger charge is 2.24. The maximum absolute atomic E-state index is 5.39. The SMILES string of the molecule is Cc1noc(C)c1-c1cnc2c(C)cn(C(C3=NC=CCC=C3)c3ccccn3)c2c1. The van der Waals surface area contributed by atoms with Crippen LogP contribution in [0.1, 0.15) is 35.2 Å². The molecule has 5 heterocycles. The van der Waals surface area contributed by atoms with Gasteiger partial charge in [0.05, 0.1) is 28.1 Å². The van der Waals surface area contributed by atoms with Crippen LogP contribution < -0.4 is 0 Å². The molecule has 0 bridgehead atoms. The van der Waals surface area contributed by atoms with Crippen LogP contribution in [0.4, 0.5) is 0 Å². The topological polar surface area (TPSA) is 69.1 Å². The van der Waals surface area contributed by atoms with E-state index in [1.165, 1.54) is 0 Å². The van der Waals surface area contributed by atoms with Crippen molar-refractivity contribution in [2.24, 2.45) is 4.99 Å². The molecule has 0 saturated carbocycles. The minimum Gasteiger partial charge on any atom is -0.361 e. The first-order valence-corrected chi connectivity index (χ1v) is 10.3. The Hall–Kier alpha value is -3.80. The summed E-state index contributed by atoms with van der Waals surface area (Å²) in [5.74, 6) is 0.788. The third-order valence-electron chi connectivity index (χ3n) is 5.59. The molecule has 1 aliphatic rings. The van der Waals surface area contributed by atoms with Gasteiger partial charge in [0.15, 0.2) is 0 Å². The summed E-state index contributed by atoms with van der Waals surface area (Å²) in [5, 5.41) is 4.11. The third-order valence-corrected chi connectivity index (χ3v) is 5.59. The van der Waals surface area contributed by atoms with E-state index in [2.05, 4.69) is 52.1 Å². The summed E-state index contributed by atoms with van der Waals surface area (Å²) in [5.41, 5.74) is 7.80. The second-order valence-corrected chi connectivity index (χ2v) is 7.74. The van der Waals surface area contributed by atoms with Crippen LogP contribution in [0.5, 0.6) is 0 Å². The Kier molecular flexibility index (Phi) is 4.82. The number of rotatable bonds is 4. The summed E-state index contributed by atoms with van der Waals surface area (Å²) in [6.45, 7) is 5.97. The van der Waals surface area contributed by atoms with Gasteiger partial charge in [0.1, 0.15) is 11.8 Å². The van der Waals surface area contributed by atoms with Crippen molar-refractivity contribution in [2.75, 3.05) is 0 Å². The summed E-state index contributed by atoms with van der Waals surface area (Å²) >= 11 is 0. The van der Waals surface area contributed by atoms with E-state index in [0.29, 0.717) is 0 Å². The summed E-state index contributed by atoms with van der Waals surface area (Å²) in [6, 6.07) is 7.98. The molecule has 0 radical (unpaired) electrons. The van der Waals surface area contributed by atoms with Gasteiger partial charge in [0, 0.05) is 35.9 Å². The van der Waals surface area contributed by atoms with Gasteiger partial charge in [0.2, 0.25) is 0 Å².